The van der Waals surface area contributed by atoms with Crippen molar-refractivity contribution >= 4 is 34.1 Å². The molecule has 17 heavy (non-hydrogen) atoms. The number of nitrogens with zero attached hydrogens (tertiary/aromatic N) is 3. The molecule has 0 amide bonds. The maximum absolute atomic E-state index is 10.9. The molecule has 0 fully saturated rings. The van der Waals surface area contributed by atoms with Gasteiger partial charge in [-0.05, 0) is 13.0 Å². The first-order chi connectivity index (χ1) is 8.06. The number of aryl methyl sites for hydroxylation is 1. The summed E-state index contributed by atoms with van der Waals surface area (Å²) in [5, 5.41) is 12.3. The lowest BCUT2D eigenvalue weighted by atomic mass is 10.2. The minimum Gasteiger partial charge on any atom is -0.478 e. The first-order valence-corrected chi connectivity index (χ1v) is 5.40. The van der Waals surface area contributed by atoms with Crippen molar-refractivity contribution in [1.82, 2.24) is 14.3 Å². The van der Waals surface area contributed by atoms with Crippen LogP contribution in [0.3, 0.4) is 0 Å². The van der Waals surface area contributed by atoms with Crippen molar-refractivity contribution in [3.63, 3.8) is 0 Å². The monoisotopic (exact) mass is 251 g/mol. The number of nitrogen functional groups attached to an aromatic ring is 1. The van der Waals surface area contributed by atoms with Crippen molar-refractivity contribution in [3.05, 3.63) is 23.7 Å². The molecule has 0 aliphatic heterocycles. The summed E-state index contributed by atoms with van der Waals surface area (Å²) in [6, 6.07) is 1.36. The van der Waals surface area contributed by atoms with E-state index in [4.69, 9.17) is 10.8 Å². The molecule has 4 N–H and O–H groups in total. The number of carboxylic acid groups (broad SMARTS) is 1. The van der Waals surface area contributed by atoms with Crippen molar-refractivity contribution in [2.45, 2.75) is 6.92 Å². The smallest absolute Gasteiger partial charge is 0.337 e. The molecule has 0 bridgehead atoms. The summed E-state index contributed by atoms with van der Waals surface area (Å²) in [4.78, 5) is 18.9. The highest BCUT2D eigenvalue weighted by Crippen LogP contribution is 2.20. The first kappa shape index (κ1) is 11.3. The fraction of sp³-hybridized carbons (Fsp3) is 0.111. The lowest BCUT2D eigenvalue weighted by molar-refractivity contribution is 0.0698. The number of hydrogen-bond donors (Lipinski definition) is 3. The van der Waals surface area contributed by atoms with Gasteiger partial charge in [0.15, 0.2) is 0 Å². The Balaban J connectivity index is 2.28. The predicted octanol–water partition coefficient (Wildman–Crippen LogP) is 1.27. The number of carboxylic acids is 1. The van der Waals surface area contributed by atoms with Crippen molar-refractivity contribution in [3.8, 4) is 0 Å². The number of rotatable bonds is 3. The summed E-state index contributed by atoms with van der Waals surface area (Å²) in [6.45, 7) is 1.76. The third kappa shape index (κ3) is 2.48. The van der Waals surface area contributed by atoms with Crippen LogP contribution in [0.15, 0.2) is 12.3 Å². The van der Waals surface area contributed by atoms with E-state index in [1.165, 1.54) is 23.8 Å². The maximum atomic E-state index is 10.9. The highest BCUT2D eigenvalue weighted by molar-refractivity contribution is 7.09. The summed E-state index contributed by atoms with van der Waals surface area (Å²) in [5.74, 6) is -0.0828. The standard InChI is InChI=1S/C9H9N5O2S/c1-4-12-9(17-14-4)13-7-2-5(8(15)16)6(10)3-11-7/h2-3H,10H2,1H3,(H,15,16)(H,11,12,13,14). The molecule has 2 heterocycles. The van der Waals surface area contributed by atoms with Gasteiger partial charge in [-0.1, -0.05) is 0 Å². The Kier molecular flexibility index (Phi) is 2.88. The average Bonchev–Trinajstić information content (AvgIpc) is 2.66. The summed E-state index contributed by atoms with van der Waals surface area (Å²) in [5.41, 5.74) is 5.62. The Morgan fingerprint density at radius 2 is 2.35 bits per heavy atom. The Morgan fingerprint density at radius 1 is 1.59 bits per heavy atom. The second-order valence-corrected chi connectivity index (χ2v) is 3.99. The zero-order chi connectivity index (χ0) is 12.4. The van der Waals surface area contributed by atoms with E-state index in [2.05, 4.69) is 19.7 Å². The summed E-state index contributed by atoms with van der Waals surface area (Å²) >= 11 is 1.17. The van der Waals surface area contributed by atoms with Crippen molar-refractivity contribution in [2.24, 2.45) is 0 Å². The third-order valence-electron chi connectivity index (χ3n) is 1.93. The van der Waals surface area contributed by atoms with Crippen LogP contribution in [-0.4, -0.2) is 25.4 Å². The molecule has 0 saturated heterocycles. The van der Waals surface area contributed by atoms with Gasteiger partial charge in [0.05, 0.1) is 17.4 Å². The van der Waals surface area contributed by atoms with Crippen LogP contribution in [0.25, 0.3) is 0 Å². The zero-order valence-corrected chi connectivity index (χ0v) is 9.65. The lowest BCUT2D eigenvalue weighted by Gasteiger charge is -2.04. The summed E-state index contributed by atoms with van der Waals surface area (Å²) in [6.07, 6.45) is 1.29. The number of nitrogens with two attached hydrogens (primary N) is 1. The molecule has 0 aromatic carbocycles. The van der Waals surface area contributed by atoms with Crippen LogP contribution in [0.4, 0.5) is 16.6 Å². The third-order valence-corrected chi connectivity index (χ3v) is 2.65. The second-order valence-electron chi connectivity index (χ2n) is 3.23. The van der Waals surface area contributed by atoms with Gasteiger partial charge in [0.25, 0.3) is 0 Å². The van der Waals surface area contributed by atoms with Crippen LogP contribution in [-0.2, 0) is 0 Å². The van der Waals surface area contributed by atoms with Gasteiger partial charge >= 0.3 is 5.97 Å². The molecule has 8 heteroatoms. The molecule has 0 unspecified atom stereocenters. The van der Waals surface area contributed by atoms with Gasteiger partial charge < -0.3 is 16.2 Å². The minimum absolute atomic E-state index is 0.00346. The summed E-state index contributed by atoms with van der Waals surface area (Å²) < 4.78 is 3.99. The van der Waals surface area contributed by atoms with Crippen LogP contribution in [0.1, 0.15) is 16.2 Å². The normalized spacial score (nSPS) is 10.2. The molecule has 0 aliphatic carbocycles. The van der Waals surface area contributed by atoms with Crippen LogP contribution in [0.2, 0.25) is 0 Å². The van der Waals surface area contributed by atoms with Gasteiger partial charge in [-0.2, -0.15) is 4.37 Å². The Bertz CT molecular complexity index is 568. The molecule has 2 aromatic rings. The Hall–Kier alpha value is -2.22. The molecule has 0 aliphatic rings. The highest BCUT2D eigenvalue weighted by atomic mass is 32.1. The number of aromatic nitrogens is 3. The maximum Gasteiger partial charge on any atom is 0.337 e. The molecule has 7 nitrogen and oxygen atoms in total. The molecule has 0 atom stereocenters. The quantitative estimate of drug-likeness (QED) is 0.752. The largest absolute Gasteiger partial charge is 0.478 e. The first-order valence-electron chi connectivity index (χ1n) is 4.62. The lowest BCUT2D eigenvalue weighted by Crippen LogP contribution is -2.04. The van der Waals surface area contributed by atoms with Gasteiger partial charge in [0.1, 0.15) is 11.6 Å². The van der Waals surface area contributed by atoms with Gasteiger partial charge in [-0.3, -0.25) is 0 Å². The fourth-order valence-corrected chi connectivity index (χ4v) is 1.76. The van der Waals surface area contributed by atoms with Crippen molar-refractivity contribution < 1.29 is 9.90 Å². The van der Waals surface area contributed by atoms with Crippen LogP contribution >= 0.6 is 11.5 Å². The molecule has 2 aromatic heterocycles. The highest BCUT2D eigenvalue weighted by Gasteiger charge is 2.10. The number of pyridine rings is 1. The van der Waals surface area contributed by atoms with E-state index in [0.717, 1.165) is 0 Å². The van der Waals surface area contributed by atoms with Crippen LogP contribution in [0, 0.1) is 6.92 Å². The van der Waals surface area contributed by atoms with E-state index in [1.807, 2.05) is 0 Å². The minimum atomic E-state index is -1.10. The number of hydrogen-bond acceptors (Lipinski definition) is 7. The van der Waals surface area contributed by atoms with E-state index in [-0.39, 0.29) is 11.3 Å². The molecular formula is C9H9N5O2S. The van der Waals surface area contributed by atoms with Gasteiger partial charge in [-0.15, -0.1) is 0 Å². The van der Waals surface area contributed by atoms with Crippen molar-refractivity contribution in [2.75, 3.05) is 11.1 Å². The molecule has 0 saturated carbocycles. The van der Waals surface area contributed by atoms with E-state index in [1.54, 1.807) is 6.92 Å². The molecule has 2 rings (SSSR count). The molecular weight excluding hydrogens is 242 g/mol. The van der Waals surface area contributed by atoms with Crippen molar-refractivity contribution in [1.29, 1.82) is 0 Å². The number of carbonyl (C=O) groups is 1. The van der Waals surface area contributed by atoms with Gasteiger partial charge in [0.2, 0.25) is 5.13 Å². The molecule has 0 radical (unpaired) electrons. The van der Waals surface area contributed by atoms with E-state index < -0.39 is 5.97 Å². The van der Waals surface area contributed by atoms with Gasteiger partial charge in [0, 0.05) is 11.5 Å². The number of anilines is 3. The Morgan fingerprint density at radius 3 is 2.94 bits per heavy atom. The second kappa shape index (κ2) is 4.34. The zero-order valence-electron chi connectivity index (χ0n) is 8.84. The van der Waals surface area contributed by atoms with Crippen LogP contribution < -0.4 is 11.1 Å². The van der Waals surface area contributed by atoms with Crippen LogP contribution in [0.5, 0.6) is 0 Å². The number of aromatic carboxylic acids is 1. The van der Waals surface area contributed by atoms with E-state index in [9.17, 15) is 4.79 Å². The average molecular weight is 251 g/mol. The van der Waals surface area contributed by atoms with E-state index >= 15 is 0 Å². The molecule has 0 spiro atoms. The summed E-state index contributed by atoms with van der Waals surface area (Å²) in [7, 11) is 0. The fourth-order valence-electron chi connectivity index (χ4n) is 1.18. The van der Waals surface area contributed by atoms with E-state index in [0.29, 0.717) is 16.8 Å². The SMILES string of the molecule is Cc1nsc(Nc2cc(C(=O)O)c(N)cn2)n1. The Labute approximate surface area is 101 Å². The molecule has 88 valence electrons. The number of nitrogens with one attached hydrogen (secondary N) is 1. The topological polar surface area (TPSA) is 114 Å². The predicted molar refractivity (Wildman–Crippen MR) is 63.5 cm³/mol. The van der Waals surface area contributed by atoms with Gasteiger partial charge in [-0.25, -0.2) is 14.8 Å².